The first-order chi connectivity index (χ1) is 8.54. The quantitative estimate of drug-likeness (QED) is 0.902. The van der Waals surface area contributed by atoms with E-state index >= 15 is 0 Å². The lowest BCUT2D eigenvalue weighted by molar-refractivity contribution is 0.0688. The summed E-state index contributed by atoms with van der Waals surface area (Å²) in [7, 11) is 0. The van der Waals surface area contributed by atoms with Crippen LogP contribution >= 0.6 is 0 Å². The van der Waals surface area contributed by atoms with E-state index in [1.54, 1.807) is 10.6 Å². The van der Waals surface area contributed by atoms with Gasteiger partial charge < -0.3 is 5.11 Å². The van der Waals surface area contributed by atoms with Crippen molar-refractivity contribution in [2.45, 2.75) is 33.6 Å². The number of carboxylic acid groups (broad SMARTS) is 1. The molecular formula is C14H18N2O2. The minimum Gasteiger partial charge on any atom is -0.477 e. The molecule has 4 heteroatoms. The molecule has 4 nitrogen and oxygen atoms in total. The van der Waals surface area contributed by atoms with Gasteiger partial charge in [0.2, 0.25) is 0 Å². The Morgan fingerprint density at radius 1 is 1.50 bits per heavy atom. The molecular weight excluding hydrogens is 228 g/mol. The third-order valence-electron chi connectivity index (χ3n) is 2.99. The molecule has 18 heavy (non-hydrogen) atoms. The number of nitrogens with zero attached hydrogens (tertiary/aromatic N) is 2. The van der Waals surface area contributed by atoms with E-state index in [1.165, 1.54) is 0 Å². The summed E-state index contributed by atoms with van der Waals surface area (Å²) in [5.41, 5.74) is 2.83. The Morgan fingerprint density at radius 2 is 2.22 bits per heavy atom. The molecule has 0 unspecified atom stereocenters. The Morgan fingerprint density at radius 3 is 2.78 bits per heavy atom. The average Bonchev–Trinajstić information content (AvgIpc) is 2.65. The number of fused-ring (bicyclic) bond motifs is 1. The number of aromatic carboxylic acids is 1. The van der Waals surface area contributed by atoms with Gasteiger partial charge in [-0.1, -0.05) is 26.8 Å². The third kappa shape index (κ3) is 2.10. The maximum Gasteiger partial charge on any atom is 0.354 e. The number of hydrogen-bond acceptors (Lipinski definition) is 2. The van der Waals surface area contributed by atoms with Gasteiger partial charge in [-0.2, -0.15) is 0 Å². The molecule has 96 valence electrons. The predicted molar refractivity (Wildman–Crippen MR) is 70.1 cm³/mol. The van der Waals surface area contributed by atoms with Crippen molar-refractivity contribution >= 4 is 11.6 Å². The van der Waals surface area contributed by atoms with Crippen LogP contribution in [0.5, 0.6) is 0 Å². The second kappa shape index (κ2) is 4.80. The minimum absolute atomic E-state index is 0.300. The second-order valence-corrected chi connectivity index (χ2v) is 4.89. The molecule has 0 bridgehead atoms. The van der Waals surface area contributed by atoms with Gasteiger partial charge in [0.1, 0.15) is 5.65 Å². The molecule has 0 spiro atoms. The summed E-state index contributed by atoms with van der Waals surface area (Å²) in [5.74, 6) is -0.524. The second-order valence-electron chi connectivity index (χ2n) is 4.89. The van der Waals surface area contributed by atoms with E-state index in [0.717, 1.165) is 17.6 Å². The van der Waals surface area contributed by atoms with Crippen LogP contribution in [0, 0.1) is 5.92 Å². The van der Waals surface area contributed by atoms with E-state index in [1.807, 2.05) is 19.1 Å². The highest BCUT2D eigenvalue weighted by Gasteiger charge is 2.20. The fraction of sp³-hybridized carbons (Fsp3) is 0.429. The van der Waals surface area contributed by atoms with Crippen LogP contribution in [0.15, 0.2) is 18.3 Å². The highest BCUT2D eigenvalue weighted by Crippen LogP contribution is 2.19. The standard InChI is InChI=1S/C14H18N2O2/c1-4-10-6-5-7-16-12(14(17)18)11(8-9(2)3)15-13(10)16/h5-7,9H,4,8H2,1-3H3,(H,17,18). The van der Waals surface area contributed by atoms with Gasteiger partial charge in [0.25, 0.3) is 0 Å². The van der Waals surface area contributed by atoms with E-state index in [-0.39, 0.29) is 0 Å². The minimum atomic E-state index is -0.911. The molecule has 2 rings (SSSR count). The van der Waals surface area contributed by atoms with Crippen LogP contribution in [-0.2, 0) is 12.8 Å². The zero-order valence-corrected chi connectivity index (χ0v) is 11.0. The Hall–Kier alpha value is -1.84. The Balaban J connectivity index is 2.70. The van der Waals surface area contributed by atoms with Crippen molar-refractivity contribution in [1.29, 1.82) is 0 Å². The first-order valence-corrected chi connectivity index (χ1v) is 6.26. The van der Waals surface area contributed by atoms with E-state index < -0.39 is 5.97 Å². The lowest BCUT2D eigenvalue weighted by Crippen LogP contribution is -2.07. The molecule has 0 fully saturated rings. The molecule has 0 aliphatic heterocycles. The Bertz CT molecular complexity index is 585. The number of carboxylic acids is 1. The van der Waals surface area contributed by atoms with Crippen molar-refractivity contribution in [1.82, 2.24) is 9.38 Å². The smallest absolute Gasteiger partial charge is 0.354 e. The maximum atomic E-state index is 11.4. The lowest BCUT2D eigenvalue weighted by atomic mass is 10.1. The van der Waals surface area contributed by atoms with Gasteiger partial charge in [-0.25, -0.2) is 9.78 Å². The summed E-state index contributed by atoms with van der Waals surface area (Å²) < 4.78 is 1.69. The van der Waals surface area contributed by atoms with Gasteiger partial charge in [0, 0.05) is 6.20 Å². The third-order valence-corrected chi connectivity index (χ3v) is 2.99. The average molecular weight is 246 g/mol. The van der Waals surface area contributed by atoms with Crippen LogP contribution in [0.4, 0.5) is 0 Å². The fourth-order valence-electron chi connectivity index (χ4n) is 2.20. The highest BCUT2D eigenvalue weighted by atomic mass is 16.4. The number of carbonyl (C=O) groups is 1. The number of aryl methyl sites for hydroxylation is 1. The number of rotatable bonds is 4. The predicted octanol–water partition coefficient (Wildman–Crippen LogP) is 2.79. The van der Waals surface area contributed by atoms with Gasteiger partial charge in [-0.15, -0.1) is 0 Å². The van der Waals surface area contributed by atoms with Crippen LogP contribution in [-0.4, -0.2) is 20.5 Å². The molecule has 0 aliphatic rings. The lowest BCUT2D eigenvalue weighted by Gasteiger charge is -2.03. The van der Waals surface area contributed by atoms with Crippen LogP contribution in [0.2, 0.25) is 0 Å². The Labute approximate surface area is 106 Å². The van der Waals surface area contributed by atoms with Crippen LogP contribution in [0.3, 0.4) is 0 Å². The topological polar surface area (TPSA) is 54.6 Å². The van der Waals surface area contributed by atoms with Crippen molar-refractivity contribution < 1.29 is 9.90 Å². The molecule has 0 aliphatic carbocycles. The van der Waals surface area contributed by atoms with Crippen molar-refractivity contribution in [3.05, 3.63) is 35.3 Å². The molecule has 0 saturated heterocycles. The number of pyridine rings is 1. The maximum absolute atomic E-state index is 11.4. The summed E-state index contributed by atoms with van der Waals surface area (Å²) in [5, 5.41) is 9.37. The van der Waals surface area contributed by atoms with E-state index in [0.29, 0.717) is 23.7 Å². The number of hydrogen-bond donors (Lipinski definition) is 1. The van der Waals surface area contributed by atoms with E-state index in [9.17, 15) is 9.90 Å². The SMILES string of the molecule is CCc1cccn2c(C(=O)O)c(CC(C)C)nc12. The zero-order chi connectivity index (χ0) is 13.3. The van der Waals surface area contributed by atoms with Crippen molar-refractivity contribution in [3.8, 4) is 0 Å². The van der Waals surface area contributed by atoms with E-state index in [2.05, 4.69) is 18.8 Å². The van der Waals surface area contributed by atoms with Gasteiger partial charge in [-0.05, 0) is 30.4 Å². The van der Waals surface area contributed by atoms with E-state index in [4.69, 9.17) is 0 Å². The number of aromatic nitrogens is 2. The molecule has 0 radical (unpaired) electrons. The largest absolute Gasteiger partial charge is 0.477 e. The first-order valence-electron chi connectivity index (χ1n) is 6.26. The Kier molecular flexibility index (Phi) is 3.36. The van der Waals surface area contributed by atoms with Crippen LogP contribution in [0.25, 0.3) is 5.65 Å². The monoisotopic (exact) mass is 246 g/mol. The molecule has 0 saturated carbocycles. The van der Waals surface area contributed by atoms with Crippen molar-refractivity contribution in [3.63, 3.8) is 0 Å². The summed E-state index contributed by atoms with van der Waals surface area (Å²) in [6.45, 7) is 6.18. The van der Waals surface area contributed by atoms with Crippen LogP contribution in [0.1, 0.15) is 42.5 Å². The molecule has 0 atom stereocenters. The summed E-state index contributed by atoms with van der Waals surface area (Å²) in [6, 6.07) is 3.87. The van der Waals surface area contributed by atoms with Crippen LogP contribution < -0.4 is 0 Å². The molecule has 2 aromatic heterocycles. The fourth-order valence-corrected chi connectivity index (χ4v) is 2.20. The summed E-state index contributed by atoms with van der Waals surface area (Å²) in [6.07, 6.45) is 3.31. The number of imidazole rings is 1. The normalized spacial score (nSPS) is 11.3. The molecule has 1 N–H and O–H groups in total. The highest BCUT2D eigenvalue weighted by molar-refractivity contribution is 5.88. The summed E-state index contributed by atoms with van der Waals surface area (Å²) in [4.78, 5) is 15.9. The molecule has 0 amide bonds. The summed E-state index contributed by atoms with van der Waals surface area (Å²) >= 11 is 0. The van der Waals surface area contributed by atoms with Gasteiger partial charge in [-0.3, -0.25) is 4.40 Å². The zero-order valence-electron chi connectivity index (χ0n) is 11.0. The van der Waals surface area contributed by atoms with Crippen molar-refractivity contribution in [2.24, 2.45) is 5.92 Å². The first kappa shape index (κ1) is 12.6. The molecule has 0 aromatic carbocycles. The van der Waals surface area contributed by atoms with Gasteiger partial charge in [0.05, 0.1) is 5.69 Å². The molecule has 2 aromatic rings. The van der Waals surface area contributed by atoms with Gasteiger partial charge in [0.15, 0.2) is 5.69 Å². The molecule has 2 heterocycles. The van der Waals surface area contributed by atoms with Crippen molar-refractivity contribution in [2.75, 3.05) is 0 Å². The van der Waals surface area contributed by atoms with Gasteiger partial charge >= 0.3 is 5.97 Å².